The van der Waals surface area contributed by atoms with Gasteiger partial charge < -0.3 is 5.32 Å². The number of thiazole rings is 1. The molecule has 1 aromatic carbocycles. The van der Waals surface area contributed by atoms with Crippen molar-refractivity contribution >= 4 is 34.7 Å². The fraction of sp³-hybridized carbons (Fsp3) is 0.227. The molecule has 9 heteroatoms. The van der Waals surface area contributed by atoms with Crippen LogP contribution in [0, 0.1) is 6.92 Å². The van der Waals surface area contributed by atoms with E-state index in [1.807, 2.05) is 31.2 Å². The van der Waals surface area contributed by atoms with Gasteiger partial charge in [-0.2, -0.15) is 9.78 Å². The highest BCUT2D eigenvalue weighted by Crippen LogP contribution is 2.31. The Balaban J connectivity index is 1.68. The van der Waals surface area contributed by atoms with Crippen molar-refractivity contribution in [1.29, 1.82) is 0 Å². The molecule has 0 aliphatic heterocycles. The Labute approximate surface area is 189 Å². The summed E-state index contributed by atoms with van der Waals surface area (Å²) in [5.74, 6) is 0.619. The highest BCUT2D eigenvalue weighted by atomic mass is 35.5. The van der Waals surface area contributed by atoms with Gasteiger partial charge in [-0.05, 0) is 25.1 Å². The van der Waals surface area contributed by atoms with Crippen molar-refractivity contribution in [2.75, 3.05) is 5.32 Å². The van der Waals surface area contributed by atoms with Gasteiger partial charge in [-0.15, -0.1) is 11.3 Å². The number of aryl methyl sites for hydroxylation is 1. The zero-order chi connectivity index (χ0) is 22.2. The summed E-state index contributed by atoms with van der Waals surface area (Å²) in [4.78, 5) is 26.8. The van der Waals surface area contributed by atoms with E-state index in [0.717, 1.165) is 16.3 Å². The molecule has 0 saturated carbocycles. The van der Waals surface area contributed by atoms with Crippen LogP contribution >= 0.6 is 22.9 Å². The summed E-state index contributed by atoms with van der Waals surface area (Å²) in [5.41, 5.74) is 2.13. The zero-order valence-electron chi connectivity index (χ0n) is 17.5. The molecule has 158 valence electrons. The van der Waals surface area contributed by atoms with E-state index in [1.54, 1.807) is 29.2 Å². The number of carbonyl (C=O) groups is 1. The highest BCUT2D eigenvalue weighted by molar-refractivity contribution is 7.17. The predicted octanol–water partition coefficient (Wildman–Crippen LogP) is 5.30. The van der Waals surface area contributed by atoms with Crippen molar-refractivity contribution in [3.8, 4) is 16.5 Å². The molecule has 0 aliphatic carbocycles. The van der Waals surface area contributed by atoms with Crippen molar-refractivity contribution in [2.45, 2.75) is 33.1 Å². The van der Waals surface area contributed by atoms with Crippen LogP contribution in [0.5, 0.6) is 0 Å². The smallest absolute Gasteiger partial charge is 0.268 e. The Morgan fingerprint density at radius 1 is 1.13 bits per heavy atom. The largest absolute Gasteiger partial charge is 0.306 e. The minimum Gasteiger partial charge on any atom is -0.306 e. The molecule has 3 aromatic heterocycles. The monoisotopic (exact) mass is 452 g/mol. The lowest BCUT2D eigenvalue weighted by molar-refractivity contribution is 0.102. The van der Waals surface area contributed by atoms with Crippen LogP contribution in [-0.2, 0) is 5.41 Å². The highest BCUT2D eigenvalue weighted by Gasteiger charge is 2.24. The first kappa shape index (κ1) is 21.1. The molecule has 0 unspecified atom stereocenters. The van der Waals surface area contributed by atoms with Crippen LogP contribution in [0.4, 0.5) is 5.82 Å². The van der Waals surface area contributed by atoms with E-state index in [2.05, 4.69) is 46.1 Å². The van der Waals surface area contributed by atoms with Crippen LogP contribution in [0.15, 0.2) is 48.8 Å². The van der Waals surface area contributed by atoms with Crippen molar-refractivity contribution in [3.05, 3.63) is 70.1 Å². The lowest BCUT2D eigenvalue weighted by Gasteiger charge is -2.13. The third-order valence-corrected chi connectivity index (χ3v) is 5.98. The fourth-order valence-corrected chi connectivity index (χ4v) is 4.06. The molecule has 1 N–H and O–H groups in total. The van der Waals surface area contributed by atoms with Gasteiger partial charge in [0.05, 0.1) is 11.4 Å². The molecule has 0 aliphatic rings. The Morgan fingerprint density at radius 3 is 2.55 bits per heavy atom. The maximum Gasteiger partial charge on any atom is 0.268 e. The molecule has 0 atom stereocenters. The Kier molecular flexibility index (Phi) is 5.60. The lowest BCUT2D eigenvalue weighted by Crippen LogP contribution is -2.16. The topological polar surface area (TPSA) is 85.6 Å². The number of carbonyl (C=O) groups excluding carboxylic acids is 1. The van der Waals surface area contributed by atoms with Gasteiger partial charge in [-0.1, -0.05) is 44.5 Å². The Morgan fingerprint density at radius 2 is 1.87 bits per heavy atom. The summed E-state index contributed by atoms with van der Waals surface area (Å²) in [6, 6.07) is 11.0. The first-order valence-corrected chi connectivity index (χ1v) is 10.8. The molecular formula is C22H21ClN6OS. The Bertz CT molecular complexity index is 1240. The second-order valence-electron chi connectivity index (χ2n) is 8.02. The summed E-state index contributed by atoms with van der Waals surface area (Å²) in [6.45, 7) is 7.99. The third-order valence-electron chi connectivity index (χ3n) is 4.54. The van der Waals surface area contributed by atoms with E-state index in [4.69, 9.17) is 11.6 Å². The molecule has 0 spiro atoms. The molecule has 3 heterocycles. The SMILES string of the molecule is Cc1nc(-c2cccc(Cl)c2)sc1C(=O)Nc1cc(C(C)(C)C)nn1-c1ncccn1. The summed E-state index contributed by atoms with van der Waals surface area (Å²) in [7, 11) is 0. The maximum absolute atomic E-state index is 13.1. The number of amides is 1. The van der Waals surface area contributed by atoms with E-state index in [0.29, 0.717) is 27.4 Å². The van der Waals surface area contributed by atoms with Crippen LogP contribution in [0.3, 0.4) is 0 Å². The van der Waals surface area contributed by atoms with Crippen molar-refractivity contribution in [1.82, 2.24) is 24.7 Å². The van der Waals surface area contributed by atoms with Crippen LogP contribution in [0.25, 0.3) is 16.5 Å². The normalized spacial score (nSPS) is 11.5. The number of anilines is 1. The molecule has 1 amide bonds. The number of rotatable bonds is 4. The number of hydrogen-bond donors (Lipinski definition) is 1. The van der Waals surface area contributed by atoms with E-state index < -0.39 is 0 Å². The quantitative estimate of drug-likeness (QED) is 0.454. The molecule has 0 fully saturated rings. The molecule has 31 heavy (non-hydrogen) atoms. The first-order valence-electron chi connectivity index (χ1n) is 9.65. The van der Waals surface area contributed by atoms with Gasteiger partial charge in [0, 0.05) is 34.5 Å². The van der Waals surface area contributed by atoms with Crippen LogP contribution in [0.1, 0.15) is 41.8 Å². The second kappa shape index (κ2) is 8.20. The van der Waals surface area contributed by atoms with Crippen molar-refractivity contribution < 1.29 is 4.79 Å². The number of nitrogens with zero attached hydrogens (tertiary/aromatic N) is 5. The average Bonchev–Trinajstić information content (AvgIpc) is 3.32. The van der Waals surface area contributed by atoms with Crippen molar-refractivity contribution in [3.63, 3.8) is 0 Å². The Hall–Kier alpha value is -3.10. The van der Waals surface area contributed by atoms with Gasteiger partial charge in [0.25, 0.3) is 11.9 Å². The number of benzene rings is 1. The molecule has 4 aromatic rings. The third kappa shape index (κ3) is 4.50. The van der Waals surface area contributed by atoms with E-state index >= 15 is 0 Å². The number of aromatic nitrogens is 5. The standard InChI is InChI=1S/C22H21ClN6OS/c1-13-18(31-20(26-13)14-7-5-8-15(23)11-14)19(30)27-17-12-16(22(2,3)4)28-29(17)21-24-9-6-10-25-21/h5-12H,1-4H3,(H,27,30). The lowest BCUT2D eigenvalue weighted by atomic mass is 9.92. The number of halogens is 1. The molecule has 0 radical (unpaired) electrons. The zero-order valence-corrected chi connectivity index (χ0v) is 19.1. The van der Waals surface area contributed by atoms with Crippen LogP contribution in [0.2, 0.25) is 5.02 Å². The maximum atomic E-state index is 13.1. The average molecular weight is 453 g/mol. The van der Waals surface area contributed by atoms with Gasteiger partial charge in [0.15, 0.2) is 0 Å². The summed E-state index contributed by atoms with van der Waals surface area (Å²) in [5, 5.41) is 8.95. The van der Waals surface area contributed by atoms with E-state index in [-0.39, 0.29) is 11.3 Å². The second-order valence-corrected chi connectivity index (χ2v) is 9.46. The summed E-state index contributed by atoms with van der Waals surface area (Å²) < 4.78 is 1.55. The van der Waals surface area contributed by atoms with Gasteiger partial charge in [0.2, 0.25) is 0 Å². The van der Waals surface area contributed by atoms with Gasteiger partial charge in [-0.25, -0.2) is 15.0 Å². The minimum absolute atomic E-state index is 0.209. The summed E-state index contributed by atoms with van der Waals surface area (Å²) >= 11 is 7.42. The van der Waals surface area contributed by atoms with Crippen molar-refractivity contribution in [2.24, 2.45) is 0 Å². The molecule has 4 rings (SSSR count). The van der Waals surface area contributed by atoms with Crippen LogP contribution < -0.4 is 5.32 Å². The first-order chi connectivity index (χ1) is 14.7. The van der Waals surface area contributed by atoms with E-state index in [9.17, 15) is 4.79 Å². The van der Waals surface area contributed by atoms with Crippen LogP contribution in [-0.4, -0.2) is 30.6 Å². The summed E-state index contributed by atoms with van der Waals surface area (Å²) in [6.07, 6.45) is 3.27. The number of hydrogen-bond acceptors (Lipinski definition) is 6. The van der Waals surface area contributed by atoms with Gasteiger partial charge in [-0.3, -0.25) is 4.79 Å². The fourth-order valence-electron chi connectivity index (χ4n) is 2.91. The van der Waals surface area contributed by atoms with Gasteiger partial charge >= 0.3 is 0 Å². The predicted molar refractivity (Wildman–Crippen MR) is 123 cm³/mol. The number of nitrogens with one attached hydrogen (secondary N) is 1. The molecule has 0 saturated heterocycles. The minimum atomic E-state index is -0.263. The van der Waals surface area contributed by atoms with Gasteiger partial charge in [0.1, 0.15) is 15.7 Å². The molecular weight excluding hydrogens is 432 g/mol. The molecule has 7 nitrogen and oxygen atoms in total. The molecule has 0 bridgehead atoms. The van der Waals surface area contributed by atoms with E-state index in [1.165, 1.54) is 11.3 Å².